The van der Waals surface area contributed by atoms with E-state index in [1.165, 1.54) is 0 Å². The van der Waals surface area contributed by atoms with E-state index in [1.54, 1.807) is 12.4 Å². The molecule has 4 nitrogen and oxygen atoms in total. The predicted molar refractivity (Wildman–Crippen MR) is 59.6 cm³/mol. The van der Waals surface area contributed by atoms with Gasteiger partial charge in [-0.25, -0.2) is 9.97 Å². The summed E-state index contributed by atoms with van der Waals surface area (Å²) in [6.07, 6.45) is 3.46. The molecular formula is C11H12N4. The third-order valence-electron chi connectivity index (χ3n) is 1.98. The van der Waals surface area contributed by atoms with Crippen molar-refractivity contribution in [2.75, 3.05) is 5.32 Å². The molecule has 15 heavy (non-hydrogen) atoms. The number of hydrogen-bond acceptors (Lipinski definition) is 4. The summed E-state index contributed by atoms with van der Waals surface area (Å²) in [4.78, 5) is 8.32. The van der Waals surface area contributed by atoms with Crippen molar-refractivity contribution < 1.29 is 0 Å². The molecule has 0 saturated carbocycles. The van der Waals surface area contributed by atoms with E-state index in [0.29, 0.717) is 6.54 Å². The Morgan fingerprint density at radius 2 is 1.93 bits per heavy atom. The lowest BCUT2D eigenvalue weighted by molar-refractivity contribution is 1.06. The van der Waals surface area contributed by atoms with Crippen molar-refractivity contribution >= 4 is 11.6 Å². The van der Waals surface area contributed by atoms with Crippen LogP contribution in [0.1, 0.15) is 5.56 Å². The van der Waals surface area contributed by atoms with Crippen molar-refractivity contribution in [2.24, 2.45) is 5.73 Å². The lowest BCUT2D eigenvalue weighted by Crippen LogP contribution is -2.00. The Bertz CT molecular complexity index is 428. The molecular weight excluding hydrogens is 188 g/mol. The molecule has 2 aromatic rings. The van der Waals surface area contributed by atoms with Crippen molar-refractivity contribution in [3.63, 3.8) is 0 Å². The van der Waals surface area contributed by atoms with Crippen LogP contribution < -0.4 is 11.1 Å². The summed E-state index contributed by atoms with van der Waals surface area (Å²) in [6, 6.07) is 9.48. The van der Waals surface area contributed by atoms with E-state index >= 15 is 0 Å². The van der Waals surface area contributed by atoms with Gasteiger partial charge >= 0.3 is 0 Å². The largest absolute Gasteiger partial charge is 0.326 e. The summed E-state index contributed by atoms with van der Waals surface area (Å²) in [7, 11) is 0. The van der Waals surface area contributed by atoms with Gasteiger partial charge in [-0.05, 0) is 29.8 Å². The number of anilines is 2. The zero-order chi connectivity index (χ0) is 10.5. The lowest BCUT2D eigenvalue weighted by atomic mass is 10.2. The molecule has 0 spiro atoms. The van der Waals surface area contributed by atoms with Crippen molar-refractivity contribution in [1.82, 2.24) is 9.97 Å². The van der Waals surface area contributed by atoms with E-state index in [9.17, 15) is 0 Å². The minimum Gasteiger partial charge on any atom is -0.326 e. The molecule has 2 rings (SSSR count). The summed E-state index contributed by atoms with van der Waals surface area (Å²) < 4.78 is 0. The molecule has 0 radical (unpaired) electrons. The van der Waals surface area contributed by atoms with Crippen LogP contribution in [0.25, 0.3) is 0 Å². The fourth-order valence-corrected chi connectivity index (χ4v) is 1.24. The number of nitrogens with one attached hydrogen (secondary N) is 1. The average Bonchev–Trinajstić information content (AvgIpc) is 2.31. The molecule has 0 aromatic carbocycles. The van der Waals surface area contributed by atoms with Gasteiger partial charge in [0.15, 0.2) is 0 Å². The van der Waals surface area contributed by atoms with Crippen molar-refractivity contribution in [1.29, 1.82) is 0 Å². The highest BCUT2D eigenvalue weighted by molar-refractivity contribution is 5.51. The van der Waals surface area contributed by atoms with Gasteiger partial charge < -0.3 is 11.1 Å². The second-order valence-electron chi connectivity index (χ2n) is 3.09. The van der Waals surface area contributed by atoms with Crippen LogP contribution in [0.5, 0.6) is 0 Å². The van der Waals surface area contributed by atoms with Crippen LogP contribution >= 0.6 is 0 Å². The fourth-order valence-electron chi connectivity index (χ4n) is 1.24. The van der Waals surface area contributed by atoms with Gasteiger partial charge in [0.05, 0.1) is 0 Å². The SMILES string of the molecule is NCc1ccnc(Nc2ccccn2)c1. The number of nitrogens with two attached hydrogens (primary N) is 1. The zero-order valence-corrected chi connectivity index (χ0v) is 8.22. The molecule has 0 amide bonds. The standard InChI is InChI=1S/C11H12N4/c12-8-9-4-6-14-11(7-9)15-10-3-1-2-5-13-10/h1-7H,8,12H2,(H,13,14,15). The van der Waals surface area contributed by atoms with E-state index in [4.69, 9.17) is 5.73 Å². The van der Waals surface area contributed by atoms with Crippen LogP contribution in [0.2, 0.25) is 0 Å². The topological polar surface area (TPSA) is 63.8 Å². The first-order chi connectivity index (χ1) is 7.38. The first-order valence-corrected chi connectivity index (χ1v) is 4.71. The van der Waals surface area contributed by atoms with Gasteiger partial charge in [0.2, 0.25) is 0 Å². The summed E-state index contributed by atoms with van der Waals surface area (Å²) in [5.41, 5.74) is 6.59. The van der Waals surface area contributed by atoms with Gasteiger partial charge in [0, 0.05) is 18.9 Å². The molecule has 2 aromatic heterocycles. The maximum Gasteiger partial charge on any atom is 0.131 e. The molecule has 0 saturated heterocycles. The third kappa shape index (κ3) is 2.51. The number of pyridine rings is 2. The van der Waals surface area contributed by atoms with E-state index in [-0.39, 0.29) is 0 Å². The first kappa shape index (κ1) is 9.61. The minimum atomic E-state index is 0.513. The second kappa shape index (κ2) is 4.52. The molecule has 3 N–H and O–H groups in total. The van der Waals surface area contributed by atoms with Gasteiger partial charge in [-0.3, -0.25) is 0 Å². The van der Waals surface area contributed by atoms with Crippen molar-refractivity contribution in [2.45, 2.75) is 6.54 Å². The van der Waals surface area contributed by atoms with E-state index in [1.807, 2.05) is 30.3 Å². The van der Waals surface area contributed by atoms with Crippen molar-refractivity contribution in [3.8, 4) is 0 Å². The molecule has 0 bridgehead atoms. The highest BCUT2D eigenvalue weighted by atomic mass is 15.0. The van der Waals surface area contributed by atoms with Crippen LogP contribution in [0.15, 0.2) is 42.7 Å². The van der Waals surface area contributed by atoms with Gasteiger partial charge in [0.25, 0.3) is 0 Å². The maximum atomic E-state index is 5.54. The summed E-state index contributed by atoms with van der Waals surface area (Å²) in [5, 5.41) is 3.10. The van der Waals surface area contributed by atoms with E-state index in [0.717, 1.165) is 17.2 Å². The van der Waals surface area contributed by atoms with Crippen molar-refractivity contribution in [3.05, 3.63) is 48.3 Å². The van der Waals surface area contributed by atoms with Crippen LogP contribution in [0, 0.1) is 0 Å². The molecule has 0 atom stereocenters. The molecule has 0 fully saturated rings. The Kier molecular flexibility index (Phi) is 2.90. The molecule has 2 heterocycles. The third-order valence-corrected chi connectivity index (χ3v) is 1.98. The Balaban J connectivity index is 2.17. The average molecular weight is 200 g/mol. The zero-order valence-electron chi connectivity index (χ0n) is 8.22. The van der Waals surface area contributed by atoms with Crippen LogP contribution in [0.4, 0.5) is 11.6 Å². The molecule has 0 aliphatic carbocycles. The predicted octanol–water partition coefficient (Wildman–Crippen LogP) is 1.68. The van der Waals surface area contributed by atoms with Gasteiger partial charge in [0.1, 0.15) is 11.6 Å². The Morgan fingerprint density at radius 1 is 1.07 bits per heavy atom. The summed E-state index contributed by atoms with van der Waals surface area (Å²) >= 11 is 0. The number of rotatable bonds is 3. The van der Waals surface area contributed by atoms with E-state index in [2.05, 4.69) is 15.3 Å². The minimum absolute atomic E-state index is 0.513. The summed E-state index contributed by atoms with van der Waals surface area (Å²) in [6.45, 7) is 0.513. The highest BCUT2D eigenvalue weighted by Crippen LogP contribution is 2.11. The lowest BCUT2D eigenvalue weighted by Gasteiger charge is -2.05. The Morgan fingerprint density at radius 3 is 2.67 bits per heavy atom. The quantitative estimate of drug-likeness (QED) is 0.791. The summed E-state index contributed by atoms with van der Waals surface area (Å²) in [5.74, 6) is 1.54. The second-order valence-corrected chi connectivity index (χ2v) is 3.09. The smallest absolute Gasteiger partial charge is 0.131 e. The maximum absolute atomic E-state index is 5.54. The van der Waals surface area contributed by atoms with Crippen LogP contribution in [-0.2, 0) is 6.54 Å². The molecule has 0 unspecified atom stereocenters. The normalized spacial score (nSPS) is 9.93. The molecule has 0 aliphatic rings. The van der Waals surface area contributed by atoms with E-state index < -0.39 is 0 Å². The monoisotopic (exact) mass is 200 g/mol. The molecule has 4 heteroatoms. The number of nitrogens with zero attached hydrogens (tertiary/aromatic N) is 2. The van der Waals surface area contributed by atoms with Gasteiger partial charge in [-0.2, -0.15) is 0 Å². The van der Waals surface area contributed by atoms with Gasteiger partial charge in [-0.15, -0.1) is 0 Å². The molecule has 0 aliphatic heterocycles. The van der Waals surface area contributed by atoms with Crippen LogP contribution in [-0.4, -0.2) is 9.97 Å². The number of aromatic nitrogens is 2. The Hall–Kier alpha value is -1.94. The first-order valence-electron chi connectivity index (χ1n) is 4.71. The molecule has 76 valence electrons. The Labute approximate surface area is 88.2 Å². The fraction of sp³-hybridized carbons (Fsp3) is 0.0909. The van der Waals surface area contributed by atoms with Gasteiger partial charge in [-0.1, -0.05) is 6.07 Å². The highest BCUT2D eigenvalue weighted by Gasteiger charge is 1.96. The number of hydrogen-bond donors (Lipinski definition) is 2. The van der Waals surface area contributed by atoms with Crippen LogP contribution in [0.3, 0.4) is 0 Å².